The Hall–Kier alpha value is -4.31. The SMILES string of the molecule is CC(=O)Nc1cccc(C(c2c(O)ccc3ccccc23)c2c(O)ccc3ccccc23)c1. The van der Waals surface area contributed by atoms with E-state index in [-0.39, 0.29) is 17.4 Å². The monoisotopic (exact) mass is 433 g/mol. The molecule has 5 aromatic carbocycles. The second-order valence-corrected chi connectivity index (χ2v) is 8.18. The number of carbonyl (C=O) groups excluding carboxylic acids is 1. The Labute approximate surface area is 191 Å². The molecule has 0 heterocycles. The van der Waals surface area contributed by atoms with Crippen molar-refractivity contribution in [2.75, 3.05) is 5.32 Å². The zero-order valence-electron chi connectivity index (χ0n) is 18.1. The van der Waals surface area contributed by atoms with Crippen LogP contribution in [0, 0.1) is 0 Å². The van der Waals surface area contributed by atoms with Crippen LogP contribution in [0.2, 0.25) is 0 Å². The lowest BCUT2D eigenvalue weighted by Gasteiger charge is -2.24. The second-order valence-electron chi connectivity index (χ2n) is 8.18. The molecular weight excluding hydrogens is 410 g/mol. The third-order valence-electron chi connectivity index (χ3n) is 6.01. The third-order valence-corrected chi connectivity index (χ3v) is 6.01. The molecule has 0 bridgehead atoms. The quantitative estimate of drug-likeness (QED) is 0.282. The molecule has 0 unspecified atom stereocenters. The molecule has 0 fully saturated rings. The first-order chi connectivity index (χ1) is 16.0. The maximum Gasteiger partial charge on any atom is 0.221 e. The number of aromatic hydroxyl groups is 2. The van der Waals surface area contributed by atoms with E-state index in [2.05, 4.69) is 5.32 Å². The van der Waals surface area contributed by atoms with Crippen molar-refractivity contribution in [1.29, 1.82) is 0 Å². The molecule has 0 saturated heterocycles. The predicted molar refractivity (Wildman–Crippen MR) is 133 cm³/mol. The average molecular weight is 434 g/mol. The van der Waals surface area contributed by atoms with E-state index in [9.17, 15) is 15.0 Å². The molecule has 5 rings (SSSR count). The standard InChI is InChI=1S/C29H23NO3/c1-18(31)30-22-10-6-9-21(17-22)27(28-23-11-4-2-7-19(23)13-15-25(28)32)29-24-12-5-3-8-20(24)14-16-26(29)33/h2-17,27,32-33H,1H3,(H,30,31). The van der Waals surface area contributed by atoms with Crippen molar-refractivity contribution < 1.29 is 15.0 Å². The van der Waals surface area contributed by atoms with Crippen molar-refractivity contribution in [1.82, 2.24) is 0 Å². The topological polar surface area (TPSA) is 69.6 Å². The average Bonchev–Trinajstić information content (AvgIpc) is 2.81. The Morgan fingerprint density at radius 3 is 1.79 bits per heavy atom. The number of carbonyl (C=O) groups is 1. The number of benzene rings is 5. The van der Waals surface area contributed by atoms with E-state index in [0.29, 0.717) is 16.8 Å². The van der Waals surface area contributed by atoms with Crippen LogP contribution < -0.4 is 5.32 Å². The number of phenols is 2. The van der Waals surface area contributed by atoms with Crippen LogP contribution in [0.25, 0.3) is 21.5 Å². The molecule has 1 amide bonds. The lowest BCUT2D eigenvalue weighted by Crippen LogP contribution is -2.09. The van der Waals surface area contributed by atoms with Gasteiger partial charge in [0.2, 0.25) is 5.91 Å². The zero-order chi connectivity index (χ0) is 22.9. The van der Waals surface area contributed by atoms with E-state index < -0.39 is 5.92 Å². The molecule has 4 nitrogen and oxygen atoms in total. The van der Waals surface area contributed by atoms with Crippen molar-refractivity contribution in [2.45, 2.75) is 12.8 Å². The van der Waals surface area contributed by atoms with Gasteiger partial charge in [-0.15, -0.1) is 0 Å². The van der Waals surface area contributed by atoms with Crippen LogP contribution in [0.4, 0.5) is 5.69 Å². The van der Waals surface area contributed by atoms with Crippen LogP contribution >= 0.6 is 0 Å². The van der Waals surface area contributed by atoms with Crippen LogP contribution in [0.5, 0.6) is 11.5 Å². The summed E-state index contributed by atoms with van der Waals surface area (Å²) in [6.45, 7) is 1.47. The van der Waals surface area contributed by atoms with Gasteiger partial charge in [0.1, 0.15) is 11.5 Å². The molecule has 0 aliphatic carbocycles. The normalized spacial score (nSPS) is 11.2. The summed E-state index contributed by atoms with van der Waals surface area (Å²) in [5.74, 6) is -0.340. The van der Waals surface area contributed by atoms with Gasteiger partial charge in [-0.1, -0.05) is 72.8 Å². The summed E-state index contributed by atoms with van der Waals surface area (Å²) in [5.41, 5.74) is 2.92. The maximum atomic E-state index is 11.7. The van der Waals surface area contributed by atoms with Crippen molar-refractivity contribution in [3.05, 3.63) is 114 Å². The van der Waals surface area contributed by atoms with Crippen molar-refractivity contribution in [2.24, 2.45) is 0 Å². The van der Waals surface area contributed by atoms with Gasteiger partial charge >= 0.3 is 0 Å². The van der Waals surface area contributed by atoms with Gasteiger partial charge in [0, 0.05) is 29.7 Å². The highest BCUT2D eigenvalue weighted by Gasteiger charge is 2.27. The summed E-state index contributed by atoms with van der Waals surface area (Å²) < 4.78 is 0. The maximum absolute atomic E-state index is 11.7. The first kappa shape index (κ1) is 20.6. The van der Waals surface area contributed by atoms with E-state index >= 15 is 0 Å². The number of hydrogen-bond acceptors (Lipinski definition) is 3. The summed E-state index contributed by atoms with van der Waals surface area (Å²) in [4.78, 5) is 11.7. The number of anilines is 1. The molecular formula is C29H23NO3. The van der Waals surface area contributed by atoms with Gasteiger partial charge in [-0.25, -0.2) is 0 Å². The van der Waals surface area contributed by atoms with Gasteiger partial charge in [-0.2, -0.15) is 0 Å². The summed E-state index contributed by atoms with van der Waals surface area (Å²) in [5, 5.41) is 28.9. The van der Waals surface area contributed by atoms with Gasteiger partial charge in [-0.3, -0.25) is 4.79 Å². The largest absolute Gasteiger partial charge is 0.508 e. The third kappa shape index (κ3) is 3.76. The Balaban J connectivity index is 1.88. The molecule has 0 aromatic heterocycles. The van der Waals surface area contributed by atoms with Crippen LogP contribution in [-0.4, -0.2) is 16.1 Å². The molecule has 3 N–H and O–H groups in total. The minimum absolute atomic E-state index is 0.149. The van der Waals surface area contributed by atoms with E-state index in [1.165, 1.54) is 6.92 Å². The molecule has 0 spiro atoms. The second kappa shape index (κ2) is 8.32. The molecule has 0 atom stereocenters. The smallest absolute Gasteiger partial charge is 0.221 e. The van der Waals surface area contributed by atoms with E-state index in [0.717, 1.165) is 27.1 Å². The lowest BCUT2D eigenvalue weighted by molar-refractivity contribution is -0.114. The molecule has 33 heavy (non-hydrogen) atoms. The lowest BCUT2D eigenvalue weighted by atomic mass is 9.79. The molecule has 162 valence electrons. The Morgan fingerprint density at radius 2 is 1.24 bits per heavy atom. The zero-order valence-corrected chi connectivity index (χ0v) is 18.1. The van der Waals surface area contributed by atoms with Gasteiger partial charge in [-0.05, 0) is 51.4 Å². The summed E-state index contributed by atoms with van der Waals surface area (Å²) in [6.07, 6.45) is 0. The van der Waals surface area contributed by atoms with Gasteiger partial charge < -0.3 is 15.5 Å². The molecule has 5 aromatic rings. The van der Waals surface area contributed by atoms with Crippen LogP contribution in [-0.2, 0) is 4.79 Å². The first-order valence-electron chi connectivity index (χ1n) is 10.8. The van der Waals surface area contributed by atoms with Crippen molar-refractivity contribution >= 4 is 33.1 Å². The minimum atomic E-state index is -0.476. The molecule has 0 aliphatic rings. The van der Waals surface area contributed by atoms with Crippen molar-refractivity contribution in [3.63, 3.8) is 0 Å². The predicted octanol–water partition coefficient (Wildman–Crippen LogP) is 6.54. The van der Waals surface area contributed by atoms with E-state index in [1.807, 2.05) is 84.9 Å². The van der Waals surface area contributed by atoms with Gasteiger partial charge in [0.15, 0.2) is 0 Å². The number of nitrogens with one attached hydrogen (secondary N) is 1. The number of fused-ring (bicyclic) bond motifs is 2. The number of rotatable bonds is 4. The first-order valence-corrected chi connectivity index (χ1v) is 10.8. The van der Waals surface area contributed by atoms with E-state index in [4.69, 9.17) is 0 Å². The number of amides is 1. The molecule has 0 saturated carbocycles. The summed E-state index contributed by atoms with van der Waals surface area (Å²) in [7, 11) is 0. The fourth-order valence-corrected chi connectivity index (χ4v) is 4.65. The van der Waals surface area contributed by atoms with Crippen LogP contribution in [0.15, 0.2) is 97.1 Å². The van der Waals surface area contributed by atoms with Crippen molar-refractivity contribution in [3.8, 4) is 11.5 Å². The highest BCUT2D eigenvalue weighted by Crippen LogP contribution is 2.46. The Bertz CT molecular complexity index is 1420. The Kier molecular flexibility index (Phi) is 5.19. The Morgan fingerprint density at radius 1 is 0.697 bits per heavy atom. The van der Waals surface area contributed by atoms with Gasteiger partial charge in [0.25, 0.3) is 0 Å². The number of phenolic OH excluding ortho intramolecular Hbond substituents is 2. The highest BCUT2D eigenvalue weighted by atomic mass is 16.3. The highest BCUT2D eigenvalue weighted by molar-refractivity contribution is 5.94. The molecule has 0 aliphatic heterocycles. The minimum Gasteiger partial charge on any atom is -0.508 e. The van der Waals surface area contributed by atoms with Crippen LogP contribution in [0.3, 0.4) is 0 Å². The summed E-state index contributed by atoms with van der Waals surface area (Å²) in [6, 6.07) is 30.5. The summed E-state index contributed by atoms with van der Waals surface area (Å²) >= 11 is 0. The van der Waals surface area contributed by atoms with Crippen LogP contribution in [0.1, 0.15) is 29.5 Å². The molecule has 4 heteroatoms. The fraction of sp³-hybridized carbons (Fsp3) is 0.0690. The van der Waals surface area contributed by atoms with Gasteiger partial charge in [0.05, 0.1) is 0 Å². The number of hydrogen-bond donors (Lipinski definition) is 3. The van der Waals surface area contributed by atoms with E-state index in [1.54, 1.807) is 12.1 Å². The molecule has 0 radical (unpaired) electrons. The fourth-order valence-electron chi connectivity index (χ4n) is 4.65.